The zero-order chi connectivity index (χ0) is 36.0. The third-order valence-electron chi connectivity index (χ3n) is 11.1. The van der Waals surface area contributed by atoms with E-state index in [-0.39, 0.29) is 5.41 Å². The van der Waals surface area contributed by atoms with Crippen molar-refractivity contribution in [1.82, 2.24) is 14.5 Å². The molecular weight excluding hydrogens is 663 g/mol. The van der Waals surface area contributed by atoms with Gasteiger partial charge in [0.05, 0.1) is 33.5 Å². The van der Waals surface area contributed by atoms with Gasteiger partial charge in [0.25, 0.3) is 0 Å². The molecule has 4 heterocycles. The maximum absolute atomic E-state index is 6.65. The number of nitrogens with zero attached hydrogens (tertiary/aromatic N) is 3. The molecule has 5 heteroatoms. The van der Waals surface area contributed by atoms with Gasteiger partial charge in [-0.05, 0) is 54.6 Å². The van der Waals surface area contributed by atoms with Crippen molar-refractivity contribution >= 4 is 43.7 Å². The molecule has 0 unspecified atom stereocenters. The molecule has 1 aliphatic heterocycles. The second-order valence-electron chi connectivity index (χ2n) is 14.6. The standard InChI is InChI=1S/C49H33N3O2/c1-49(2)36-19-10-12-22-44(36)54-46-29-42-34(27-37(46)49)33-18-9-11-20-40(33)52(42)41-21-13-23-45-47(41)35-26-32(24-25-43(35)53-45)48-50-38(30-14-5-3-6-15-30)28-39(51-48)31-16-7-4-8-17-31/h3-29H,1-2H3. The Bertz CT molecular complexity index is 3040. The van der Waals surface area contributed by atoms with Crippen molar-refractivity contribution in [2.24, 2.45) is 0 Å². The number of para-hydroxylation sites is 2. The average molecular weight is 696 g/mol. The highest BCUT2D eigenvalue weighted by atomic mass is 16.5. The Hall–Kier alpha value is -6.98. The summed E-state index contributed by atoms with van der Waals surface area (Å²) in [5.41, 5.74) is 11.8. The zero-order valence-electron chi connectivity index (χ0n) is 29.7. The van der Waals surface area contributed by atoms with E-state index in [4.69, 9.17) is 19.1 Å². The van der Waals surface area contributed by atoms with Crippen LogP contribution in [-0.2, 0) is 5.41 Å². The molecule has 0 N–H and O–H groups in total. The summed E-state index contributed by atoms with van der Waals surface area (Å²) in [4.78, 5) is 10.3. The Labute approximate surface area is 311 Å². The number of ether oxygens (including phenoxy) is 1. The molecule has 0 bridgehead atoms. The minimum Gasteiger partial charge on any atom is -0.457 e. The van der Waals surface area contributed by atoms with Crippen molar-refractivity contribution in [2.75, 3.05) is 0 Å². The fourth-order valence-electron chi connectivity index (χ4n) is 8.39. The molecule has 7 aromatic carbocycles. The molecule has 1 aliphatic rings. The predicted molar refractivity (Wildman–Crippen MR) is 219 cm³/mol. The van der Waals surface area contributed by atoms with Crippen LogP contribution in [-0.4, -0.2) is 14.5 Å². The molecule has 0 fully saturated rings. The minimum absolute atomic E-state index is 0.223. The fraction of sp³-hybridized carbons (Fsp3) is 0.0612. The van der Waals surface area contributed by atoms with Gasteiger partial charge in [-0.15, -0.1) is 0 Å². The van der Waals surface area contributed by atoms with E-state index in [0.29, 0.717) is 5.82 Å². The molecule has 54 heavy (non-hydrogen) atoms. The van der Waals surface area contributed by atoms with Crippen LogP contribution in [0.5, 0.6) is 11.5 Å². The van der Waals surface area contributed by atoms with Crippen LogP contribution in [0.4, 0.5) is 0 Å². The number of aromatic nitrogens is 3. The van der Waals surface area contributed by atoms with Crippen molar-refractivity contribution in [1.29, 1.82) is 0 Å². The lowest BCUT2D eigenvalue weighted by Gasteiger charge is -2.34. The first-order valence-electron chi connectivity index (χ1n) is 18.3. The van der Waals surface area contributed by atoms with Crippen LogP contribution in [0.1, 0.15) is 25.0 Å². The van der Waals surface area contributed by atoms with E-state index in [2.05, 4.69) is 134 Å². The summed E-state index contributed by atoms with van der Waals surface area (Å²) in [5, 5.41) is 4.41. The maximum Gasteiger partial charge on any atom is 0.160 e. The Morgan fingerprint density at radius 1 is 0.481 bits per heavy atom. The third-order valence-corrected chi connectivity index (χ3v) is 11.1. The number of fused-ring (bicyclic) bond motifs is 8. The first kappa shape index (κ1) is 30.6. The number of benzene rings is 7. The summed E-state index contributed by atoms with van der Waals surface area (Å²) >= 11 is 0. The van der Waals surface area contributed by atoms with Crippen molar-refractivity contribution in [3.8, 4) is 51.1 Å². The van der Waals surface area contributed by atoms with Gasteiger partial charge in [-0.3, -0.25) is 0 Å². The van der Waals surface area contributed by atoms with E-state index in [1.54, 1.807) is 0 Å². The van der Waals surface area contributed by atoms with Gasteiger partial charge in [-0.25, -0.2) is 9.97 Å². The fourth-order valence-corrected chi connectivity index (χ4v) is 8.39. The van der Waals surface area contributed by atoms with E-state index in [1.165, 1.54) is 21.9 Å². The van der Waals surface area contributed by atoms with Crippen LogP contribution in [0.15, 0.2) is 168 Å². The average Bonchev–Trinajstić information content (AvgIpc) is 3.76. The highest BCUT2D eigenvalue weighted by Crippen LogP contribution is 2.50. The Morgan fingerprint density at radius 2 is 1.19 bits per heavy atom. The van der Waals surface area contributed by atoms with Crippen molar-refractivity contribution in [3.05, 3.63) is 175 Å². The molecule has 0 spiro atoms. The zero-order valence-corrected chi connectivity index (χ0v) is 29.7. The molecule has 256 valence electrons. The molecule has 10 aromatic rings. The lowest BCUT2D eigenvalue weighted by Crippen LogP contribution is -2.24. The van der Waals surface area contributed by atoms with Crippen LogP contribution < -0.4 is 4.74 Å². The number of rotatable bonds is 4. The van der Waals surface area contributed by atoms with Gasteiger partial charge < -0.3 is 13.7 Å². The predicted octanol–water partition coefficient (Wildman–Crippen LogP) is 12.9. The normalized spacial score (nSPS) is 13.3. The van der Waals surface area contributed by atoms with Crippen molar-refractivity contribution in [2.45, 2.75) is 19.3 Å². The summed E-state index contributed by atoms with van der Waals surface area (Å²) in [7, 11) is 0. The summed E-state index contributed by atoms with van der Waals surface area (Å²) in [6.45, 7) is 4.58. The lowest BCUT2D eigenvalue weighted by molar-refractivity contribution is 0.419. The van der Waals surface area contributed by atoms with Gasteiger partial charge in [-0.2, -0.15) is 0 Å². The molecule has 0 radical (unpaired) electrons. The Kier molecular flexibility index (Phi) is 6.53. The van der Waals surface area contributed by atoms with Gasteiger partial charge in [0, 0.05) is 55.5 Å². The van der Waals surface area contributed by atoms with Crippen LogP contribution in [0.3, 0.4) is 0 Å². The second-order valence-corrected chi connectivity index (χ2v) is 14.6. The van der Waals surface area contributed by atoms with Crippen molar-refractivity contribution in [3.63, 3.8) is 0 Å². The summed E-state index contributed by atoms with van der Waals surface area (Å²) in [6.07, 6.45) is 0. The largest absolute Gasteiger partial charge is 0.457 e. The van der Waals surface area contributed by atoms with Crippen LogP contribution in [0.2, 0.25) is 0 Å². The smallest absolute Gasteiger partial charge is 0.160 e. The van der Waals surface area contributed by atoms with Gasteiger partial charge >= 0.3 is 0 Å². The first-order chi connectivity index (χ1) is 26.5. The summed E-state index contributed by atoms with van der Waals surface area (Å²) in [6, 6.07) is 56.9. The summed E-state index contributed by atoms with van der Waals surface area (Å²) < 4.78 is 15.6. The van der Waals surface area contributed by atoms with Gasteiger partial charge in [-0.1, -0.05) is 117 Å². The van der Waals surface area contributed by atoms with E-state index in [1.807, 2.05) is 48.5 Å². The molecule has 0 saturated heterocycles. The van der Waals surface area contributed by atoms with E-state index < -0.39 is 0 Å². The van der Waals surface area contributed by atoms with Gasteiger partial charge in [0.1, 0.15) is 22.7 Å². The summed E-state index contributed by atoms with van der Waals surface area (Å²) in [5.74, 6) is 2.44. The Balaban J connectivity index is 1.15. The molecule has 0 aliphatic carbocycles. The lowest BCUT2D eigenvalue weighted by atomic mass is 9.75. The number of hydrogen-bond acceptors (Lipinski definition) is 4. The highest BCUT2D eigenvalue weighted by Gasteiger charge is 2.35. The SMILES string of the molecule is CC1(C)c2ccccc2Oc2cc3c(cc21)c1ccccc1n3-c1cccc2oc3ccc(-c4nc(-c5ccccc5)cc(-c5ccccc5)n4)cc3c12. The van der Waals surface area contributed by atoms with Crippen LogP contribution in [0.25, 0.3) is 83.3 Å². The topological polar surface area (TPSA) is 53.1 Å². The third kappa shape index (κ3) is 4.58. The molecule has 0 saturated carbocycles. The quantitative estimate of drug-likeness (QED) is 0.184. The Morgan fingerprint density at radius 3 is 1.96 bits per heavy atom. The van der Waals surface area contributed by atoms with E-state index in [9.17, 15) is 0 Å². The molecule has 5 nitrogen and oxygen atoms in total. The van der Waals surface area contributed by atoms with Crippen molar-refractivity contribution < 1.29 is 9.15 Å². The molecule has 0 amide bonds. The molecule has 11 rings (SSSR count). The first-order valence-corrected chi connectivity index (χ1v) is 18.3. The second kappa shape index (κ2) is 11.5. The van der Waals surface area contributed by atoms with Crippen LogP contribution in [0, 0.1) is 0 Å². The van der Waals surface area contributed by atoms with Gasteiger partial charge in [0.2, 0.25) is 0 Å². The van der Waals surface area contributed by atoms with Gasteiger partial charge in [0.15, 0.2) is 5.82 Å². The highest BCUT2D eigenvalue weighted by molar-refractivity contribution is 6.15. The minimum atomic E-state index is -0.223. The molecule has 0 atom stereocenters. The number of furan rings is 1. The number of hydrogen-bond donors (Lipinski definition) is 0. The maximum atomic E-state index is 6.65. The monoisotopic (exact) mass is 695 g/mol. The molecular formula is C49H33N3O2. The molecule has 3 aromatic heterocycles. The van der Waals surface area contributed by atoms with E-state index in [0.717, 1.165) is 78.2 Å². The van der Waals surface area contributed by atoms with E-state index >= 15 is 0 Å². The van der Waals surface area contributed by atoms with Crippen LogP contribution >= 0.6 is 0 Å².